The van der Waals surface area contributed by atoms with Crippen LogP contribution in [-0.2, 0) is 0 Å². The molecule has 0 aromatic rings. The first-order valence-corrected chi connectivity index (χ1v) is 6.72. The van der Waals surface area contributed by atoms with Crippen LogP contribution in [0.25, 0.3) is 0 Å². The van der Waals surface area contributed by atoms with Gasteiger partial charge in [0.15, 0.2) is 0 Å². The van der Waals surface area contributed by atoms with E-state index in [0.717, 1.165) is 5.92 Å². The Labute approximate surface area is 99.2 Å². The third-order valence-corrected chi connectivity index (χ3v) is 2.16. The van der Waals surface area contributed by atoms with E-state index in [0.29, 0.717) is 0 Å². The van der Waals surface area contributed by atoms with Crippen molar-refractivity contribution in [1.82, 2.24) is 0 Å². The molecular weight excluding hydrogens is 180 g/mol. The molecule has 0 spiro atoms. The molecule has 0 heterocycles. The van der Waals surface area contributed by atoms with Crippen molar-refractivity contribution in [3.8, 4) is 0 Å². The van der Waals surface area contributed by atoms with E-state index in [1.54, 1.807) is 0 Å². The summed E-state index contributed by atoms with van der Waals surface area (Å²) in [6, 6.07) is 0. The van der Waals surface area contributed by atoms with Gasteiger partial charge >= 0.3 is 0 Å². The van der Waals surface area contributed by atoms with E-state index in [4.69, 9.17) is 0 Å². The largest absolute Gasteiger partial charge is 0.100 e. The summed E-state index contributed by atoms with van der Waals surface area (Å²) in [7, 11) is 0. The van der Waals surface area contributed by atoms with Crippen LogP contribution in [0.1, 0.15) is 80.6 Å². The Kier molecular flexibility index (Phi) is 26.0. The van der Waals surface area contributed by atoms with Gasteiger partial charge in [-0.2, -0.15) is 0 Å². The van der Waals surface area contributed by atoms with Gasteiger partial charge in [0.1, 0.15) is 0 Å². The van der Waals surface area contributed by atoms with Gasteiger partial charge in [-0.05, 0) is 19.3 Å². The Bertz CT molecular complexity index is 103. The van der Waals surface area contributed by atoms with Gasteiger partial charge in [-0.3, -0.25) is 0 Å². The van der Waals surface area contributed by atoms with Crippen molar-refractivity contribution in [3.05, 3.63) is 12.2 Å². The minimum absolute atomic E-state index is 0.949. The van der Waals surface area contributed by atoms with Crippen molar-refractivity contribution in [2.45, 2.75) is 80.6 Å². The highest BCUT2D eigenvalue weighted by Crippen LogP contribution is 2.07. The predicted molar refractivity (Wildman–Crippen MR) is 75.4 cm³/mol. The third kappa shape index (κ3) is 31.6. The molecule has 0 heteroatoms. The lowest BCUT2D eigenvalue weighted by Gasteiger charge is -2.02. The van der Waals surface area contributed by atoms with Crippen molar-refractivity contribution >= 4 is 0 Å². The van der Waals surface area contributed by atoms with Crippen LogP contribution in [-0.4, -0.2) is 0 Å². The van der Waals surface area contributed by atoms with Crippen LogP contribution in [0.15, 0.2) is 12.2 Å². The first-order valence-electron chi connectivity index (χ1n) is 6.72. The highest BCUT2D eigenvalue weighted by Gasteiger charge is 1.92. The normalized spacial score (nSPS) is 10.3. The standard InChI is InChI=1S/C7H16.C6H12.C2H6/c1-4-6-7(3)5-2;1-4-5-6(2)3;1-2/h7H,4-6H2,1-3H3;2,4-5H2,1,3H3;1-2H3. The molecular formula is C15H34. The highest BCUT2D eigenvalue weighted by molar-refractivity contribution is 4.86. The minimum atomic E-state index is 0.949. The first kappa shape index (κ1) is 20.2. The Morgan fingerprint density at radius 2 is 1.53 bits per heavy atom. The van der Waals surface area contributed by atoms with Gasteiger partial charge in [-0.15, -0.1) is 6.58 Å². The minimum Gasteiger partial charge on any atom is -0.100 e. The fourth-order valence-electron chi connectivity index (χ4n) is 1.12. The topological polar surface area (TPSA) is 0 Å². The van der Waals surface area contributed by atoms with E-state index < -0.39 is 0 Å². The lowest BCUT2D eigenvalue weighted by atomic mass is 10.0. The summed E-state index contributed by atoms with van der Waals surface area (Å²) < 4.78 is 0. The van der Waals surface area contributed by atoms with Crippen LogP contribution < -0.4 is 0 Å². The van der Waals surface area contributed by atoms with Gasteiger partial charge in [0, 0.05) is 0 Å². The van der Waals surface area contributed by atoms with Crippen molar-refractivity contribution in [1.29, 1.82) is 0 Å². The Morgan fingerprint density at radius 3 is 1.60 bits per heavy atom. The number of rotatable bonds is 5. The summed E-state index contributed by atoms with van der Waals surface area (Å²) in [6.07, 6.45) is 6.49. The molecule has 0 aromatic carbocycles. The summed E-state index contributed by atoms with van der Waals surface area (Å²) in [6.45, 7) is 18.8. The average Bonchev–Trinajstić information content (AvgIpc) is 2.22. The van der Waals surface area contributed by atoms with E-state index in [2.05, 4.69) is 41.2 Å². The SMILES string of the molecule is C=C(C)CCC.CC.CCCC(C)CC. The molecule has 0 rings (SSSR count). The number of hydrogen-bond donors (Lipinski definition) is 0. The smallest absolute Gasteiger partial charge is 0.0328 e. The van der Waals surface area contributed by atoms with Crippen LogP contribution in [0.2, 0.25) is 0 Å². The van der Waals surface area contributed by atoms with Crippen LogP contribution in [0, 0.1) is 5.92 Å². The number of hydrogen-bond acceptors (Lipinski definition) is 0. The maximum atomic E-state index is 3.74. The Hall–Kier alpha value is -0.260. The molecule has 0 saturated heterocycles. The Morgan fingerprint density at radius 1 is 1.07 bits per heavy atom. The zero-order valence-corrected chi connectivity index (χ0v) is 12.3. The van der Waals surface area contributed by atoms with Gasteiger partial charge in [-0.25, -0.2) is 0 Å². The fourth-order valence-corrected chi connectivity index (χ4v) is 1.12. The lowest BCUT2D eigenvalue weighted by molar-refractivity contribution is 0.509. The highest BCUT2D eigenvalue weighted by atomic mass is 14.0. The van der Waals surface area contributed by atoms with Crippen molar-refractivity contribution < 1.29 is 0 Å². The van der Waals surface area contributed by atoms with Gasteiger partial charge in [0.2, 0.25) is 0 Å². The third-order valence-electron chi connectivity index (χ3n) is 2.16. The second kappa shape index (κ2) is 19.3. The molecule has 0 fully saturated rings. The summed E-state index contributed by atoms with van der Waals surface area (Å²) >= 11 is 0. The maximum absolute atomic E-state index is 3.74. The molecule has 1 atom stereocenters. The molecule has 0 aliphatic heterocycles. The van der Waals surface area contributed by atoms with E-state index in [1.165, 1.54) is 37.7 Å². The van der Waals surface area contributed by atoms with E-state index in [1.807, 2.05) is 13.8 Å². The van der Waals surface area contributed by atoms with Crippen molar-refractivity contribution in [2.75, 3.05) is 0 Å². The first-order chi connectivity index (χ1) is 7.08. The van der Waals surface area contributed by atoms with E-state index >= 15 is 0 Å². The molecule has 0 aliphatic rings. The lowest BCUT2D eigenvalue weighted by Crippen LogP contribution is -1.88. The molecule has 0 radical (unpaired) electrons. The molecule has 1 unspecified atom stereocenters. The van der Waals surface area contributed by atoms with Crippen LogP contribution in [0.5, 0.6) is 0 Å². The van der Waals surface area contributed by atoms with Gasteiger partial charge in [0.25, 0.3) is 0 Å². The van der Waals surface area contributed by atoms with Crippen molar-refractivity contribution in [2.24, 2.45) is 5.92 Å². The fraction of sp³-hybridized carbons (Fsp3) is 0.867. The summed E-state index contributed by atoms with van der Waals surface area (Å²) in [4.78, 5) is 0. The molecule has 0 nitrogen and oxygen atoms in total. The molecule has 15 heavy (non-hydrogen) atoms. The monoisotopic (exact) mass is 214 g/mol. The molecule has 0 amide bonds. The molecule has 0 bridgehead atoms. The van der Waals surface area contributed by atoms with Gasteiger partial charge in [-0.1, -0.05) is 72.8 Å². The number of allylic oxidation sites excluding steroid dienone is 1. The van der Waals surface area contributed by atoms with E-state index in [9.17, 15) is 0 Å². The predicted octanol–water partition coefficient (Wildman–Crippen LogP) is 6.22. The summed E-state index contributed by atoms with van der Waals surface area (Å²) in [5.74, 6) is 0.949. The van der Waals surface area contributed by atoms with Crippen LogP contribution in [0.3, 0.4) is 0 Å². The molecule has 0 N–H and O–H groups in total. The zero-order chi connectivity index (χ0) is 12.7. The maximum Gasteiger partial charge on any atom is -0.0328 e. The van der Waals surface area contributed by atoms with E-state index in [-0.39, 0.29) is 0 Å². The summed E-state index contributed by atoms with van der Waals surface area (Å²) in [5.41, 5.74) is 1.29. The molecule has 0 saturated carbocycles. The molecule has 0 aliphatic carbocycles. The summed E-state index contributed by atoms with van der Waals surface area (Å²) in [5, 5.41) is 0. The van der Waals surface area contributed by atoms with Crippen molar-refractivity contribution in [3.63, 3.8) is 0 Å². The molecule has 94 valence electrons. The quantitative estimate of drug-likeness (QED) is 0.476. The zero-order valence-electron chi connectivity index (χ0n) is 12.3. The Balaban J connectivity index is -0.000000166. The second-order valence-corrected chi connectivity index (χ2v) is 4.01. The second-order valence-electron chi connectivity index (χ2n) is 4.01. The van der Waals surface area contributed by atoms with Crippen LogP contribution in [0.4, 0.5) is 0 Å². The average molecular weight is 214 g/mol. The van der Waals surface area contributed by atoms with Gasteiger partial charge in [0.05, 0.1) is 0 Å². The molecule has 0 aromatic heterocycles. The van der Waals surface area contributed by atoms with Gasteiger partial charge < -0.3 is 0 Å². The van der Waals surface area contributed by atoms with Crippen LogP contribution >= 0.6 is 0 Å².